The van der Waals surface area contributed by atoms with Crippen molar-refractivity contribution in [2.24, 2.45) is 0 Å². The highest BCUT2D eigenvalue weighted by atomic mass is 28.3. The number of carbonyl (C=O) groups is 2. The molecule has 20 heavy (non-hydrogen) atoms. The summed E-state index contributed by atoms with van der Waals surface area (Å²) in [5, 5.41) is 0. The third-order valence-electron chi connectivity index (χ3n) is 3.36. The van der Waals surface area contributed by atoms with Crippen molar-refractivity contribution in [1.82, 2.24) is 0 Å². The van der Waals surface area contributed by atoms with Crippen LogP contribution in [-0.4, -0.2) is 46.4 Å². The highest BCUT2D eigenvalue weighted by molar-refractivity contribution is 6.76. The Bertz CT molecular complexity index is 404. The van der Waals surface area contributed by atoms with Gasteiger partial charge in [-0.3, -0.25) is 4.79 Å². The van der Waals surface area contributed by atoms with Gasteiger partial charge in [-0.1, -0.05) is 19.6 Å². The molecule has 0 unspecified atom stereocenters. The zero-order chi connectivity index (χ0) is 15.4. The molecule has 0 aromatic heterocycles. The lowest BCUT2D eigenvalue weighted by atomic mass is 9.93. The molecule has 0 saturated heterocycles. The van der Waals surface area contributed by atoms with Crippen molar-refractivity contribution in [3.8, 4) is 0 Å². The first kappa shape index (κ1) is 17.1. The molecule has 5 nitrogen and oxygen atoms in total. The molecule has 0 bridgehead atoms. The van der Waals surface area contributed by atoms with Crippen LogP contribution < -0.4 is 0 Å². The standard InChI is InChI=1S/C14H24O5Si/c1-17-14(18-2)7-6-12(15)11(10-14)13(16)19-8-9-20(3,4)5/h10H,6-9H2,1-5H3. The van der Waals surface area contributed by atoms with Gasteiger partial charge in [0.05, 0.1) is 6.61 Å². The van der Waals surface area contributed by atoms with Crippen LogP contribution in [0.1, 0.15) is 12.8 Å². The van der Waals surface area contributed by atoms with Crippen molar-refractivity contribution in [2.75, 3.05) is 20.8 Å². The Labute approximate surface area is 121 Å². The first-order valence-corrected chi connectivity index (χ1v) is 10.5. The van der Waals surface area contributed by atoms with E-state index in [9.17, 15) is 9.59 Å². The molecule has 0 N–H and O–H groups in total. The number of hydrogen-bond donors (Lipinski definition) is 0. The molecule has 1 rings (SSSR count). The molecule has 114 valence electrons. The molecule has 1 aliphatic carbocycles. The Morgan fingerprint density at radius 1 is 1.30 bits per heavy atom. The van der Waals surface area contributed by atoms with Gasteiger partial charge < -0.3 is 14.2 Å². The number of methoxy groups -OCH3 is 2. The Balaban J connectivity index is 2.74. The molecular weight excluding hydrogens is 276 g/mol. The maximum atomic E-state index is 12.0. The van der Waals surface area contributed by atoms with E-state index in [-0.39, 0.29) is 17.8 Å². The van der Waals surface area contributed by atoms with Crippen LogP contribution in [0.3, 0.4) is 0 Å². The van der Waals surface area contributed by atoms with Gasteiger partial charge in [0, 0.05) is 35.1 Å². The molecule has 6 heteroatoms. The minimum Gasteiger partial charge on any atom is -0.462 e. The summed E-state index contributed by atoms with van der Waals surface area (Å²) in [6, 6.07) is 0.875. The van der Waals surface area contributed by atoms with Crippen LogP contribution >= 0.6 is 0 Å². The Hall–Kier alpha value is -0.983. The third-order valence-corrected chi connectivity index (χ3v) is 5.07. The third kappa shape index (κ3) is 4.54. The van der Waals surface area contributed by atoms with Crippen LogP contribution in [0.5, 0.6) is 0 Å². The normalized spacial score (nSPS) is 18.6. The van der Waals surface area contributed by atoms with Gasteiger partial charge in [-0.05, 0) is 12.1 Å². The SMILES string of the molecule is COC1(OC)C=C(C(=O)OCC[Si](C)(C)C)C(=O)CC1. The summed E-state index contributed by atoms with van der Waals surface area (Å²) in [5.74, 6) is -1.79. The fourth-order valence-corrected chi connectivity index (χ4v) is 2.62. The molecular formula is C14H24O5Si. The second-order valence-electron chi connectivity index (χ2n) is 6.15. The molecule has 0 amide bonds. The van der Waals surface area contributed by atoms with E-state index < -0.39 is 19.8 Å². The van der Waals surface area contributed by atoms with E-state index >= 15 is 0 Å². The minimum atomic E-state index is -1.26. The molecule has 0 aromatic rings. The van der Waals surface area contributed by atoms with Gasteiger partial charge in [-0.2, -0.15) is 0 Å². The number of carbonyl (C=O) groups excluding carboxylic acids is 2. The highest BCUT2D eigenvalue weighted by Gasteiger charge is 2.37. The lowest BCUT2D eigenvalue weighted by Gasteiger charge is -2.31. The Kier molecular flexibility index (Phi) is 5.67. The van der Waals surface area contributed by atoms with Gasteiger partial charge in [0.1, 0.15) is 5.57 Å². The topological polar surface area (TPSA) is 61.8 Å². The van der Waals surface area contributed by atoms with Crippen LogP contribution in [0.25, 0.3) is 0 Å². The smallest absolute Gasteiger partial charge is 0.341 e. The van der Waals surface area contributed by atoms with Crippen LogP contribution in [0.15, 0.2) is 11.6 Å². The molecule has 0 atom stereocenters. The van der Waals surface area contributed by atoms with Crippen LogP contribution in [0.4, 0.5) is 0 Å². The van der Waals surface area contributed by atoms with Gasteiger partial charge in [-0.25, -0.2) is 4.79 Å². The lowest BCUT2D eigenvalue weighted by molar-refractivity contribution is -0.180. The number of ether oxygens (including phenoxy) is 3. The first-order chi connectivity index (χ1) is 9.23. The molecule has 0 aliphatic heterocycles. The fraction of sp³-hybridized carbons (Fsp3) is 0.714. The van der Waals surface area contributed by atoms with Crippen molar-refractivity contribution in [1.29, 1.82) is 0 Å². The van der Waals surface area contributed by atoms with E-state index in [0.29, 0.717) is 13.0 Å². The second-order valence-corrected chi connectivity index (χ2v) is 11.8. The van der Waals surface area contributed by atoms with Gasteiger partial charge in [0.25, 0.3) is 0 Å². The largest absolute Gasteiger partial charge is 0.462 e. The maximum Gasteiger partial charge on any atom is 0.341 e. The molecule has 1 aliphatic rings. The van der Waals surface area contributed by atoms with Crippen molar-refractivity contribution >= 4 is 19.8 Å². The zero-order valence-corrected chi connectivity index (χ0v) is 13.9. The van der Waals surface area contributed by atoms with Crippen molar-refractivity contribution in [2.45, 2.75) is 44.3 Å². The van der Waals surface area contributed by atoms with Gasteiger partial charge >= 0.3 is 5.97 Å². The average molecular weight is 300 g/mol. The average Bonchev–Trinajstić information content (AvgIpc) is 2.38. The number of esters is 1. The van der Waals surface area contributed by atoms with Crippen LogP contribution in [0.2, 0.25) is 25.7 Å². The van der Waals surface area contributed by atoms with E-state index in [0.717, 1.165) is 6.04 Å². The van der Waals surface area contributed by atoms with Crippen LogP contribution in [-0.2, 0) is 23.8 Å². The quantitative estimate of drug-likeness (QED) is 0.325. The Morgan fingerprint density at radius 2 is 1.90 bits per heavy atom. The van der Waals surface area contributed by atoms with Crippen molar-refractivity contribution < 1.29 is 23.8 Å². The second kappa shape index (κ2) is 6.65. The maximum absolute atomic E-state index is 12.0. The number of hydrogen-bond acceptors (Lipinski definition) is 5. The summed E-state index contributed by atoms with van der Waals surface area (Å²) in [4.78, 5) is 23.9. The number of Topliss-reactive ketones (excluding diaryl/α,β-unsaturated/α-hetero) is 1. The summed E-state index contributed by atoms with van der Waals surface area (Å²) in [5.41, 5.74) is 0.0375. The summed E-state index contributed by atoms with van der Waals surface area (Å²) >= 11 is 0. The number of rotatable bonds is 6. The monoisotopic (exact) mass is 300 g/mol. The zero-order valence-electron chi connectivity index (χ0n) is 12.9. The number of ketones is 1. The fourth-order valence-electron chi connectivity index (χ4n) is 1.90. The van der Waals surface area contributed by atoms with Crippen molar-refractivity contribution in [3.63, 3.8) is 0 Å². The van der Waals surface area contributed by atoms with Gasteiger partial charge in [0.15, 0.2) is 11.6 Å². The highest BCUT2D eigenvalue weighted by Crippen LogP contribution is 2.28. The molecule has 0 fully saturated rings. The predicted molar refractivity (Wildman–Crippen MR) is 78.2 cm³/mol. The van der Waals surface area contributed by atoms with E-state index in [2.05, 4.69) is 19.6 Å². The summed E-state index contributed by atoms with van der Waals surface area (Å²) in [6.07, 6.45) is 2.07. The van der Waals surface area contributed by atoms with Crippen LogP contribution in [0, 0.1) is 0 Å². The van der Waals surface area contributed by atoms with E-state index in [1.54, 1.807) is 0 Å². The van der Waals surface area contributed by atoms with E-state index in [1.165, 1.54) is 20.3 Å². The summed E-state index contributed by atoms with van der Waals surface area (Å²) < 4.78 is 15.7. The van der Waals surface area contributed by atoms with Crippen molar-refractivity contribution in [3.05, 3.63) is 11.6 Å². The van der Waals surface area contributed by atoms with E-state index in [4.69, 9.17) is 14.2 Å². The van der Waals surface area contributed by atoms with Gasteiger partial charge in [0.2, 0.25) is 0 Å². The predicted octanol–water partition coefficient (Wildman–Crippen LogP) is 2.15. The minimum absolute atomic E-state index is 0.0375. The summed E-state index contributed by atoms with van der Waals surface area (Å²) in [7, 11) is 1.72. The van der Waals surface area contributed by atoms with E-state index in [1.807, 2.05) is 0 Å². The Morgan fingerprint density at radius 3 is 2.40 bits per heavy atom. The summed E-state index contributed by atoms with van der Waals surface area (Å²) in [6.45, 7) is 6.96. The molecule has 0 radical (unpaired) electrons. The molecule has 0 aromatic carbocycles. The molecule has 0 heterocycles. The lowest BCUT2D eigenvalue weighted by Crippen LogP contribution is -2.38. The first-order valence-electron chi connectivity index (χ1n) is 6.76. The van der Waals surface area contributed by atoms with Gasteiger partial charge in [-0.15, -0.1) is 0 Å². The molecule has 0 saturated carbocycles. The molecule has 0 spiro atoms.